The first-order valence-electron chi connectivity index (χ1n) is 14.6. The summed E-state index contributed by atoms with van der Waals surface area (Å²) < 4.78 is 5.48. The smallest absolute Gasteiger partial charge is 0.312 e. The third-order valence-electron chi connectivity index (χ3n) is 12.9. The molecule has 0 saturated heterocycles. The summed E-state index contributed by atoms with van der Waals surface area (Å²) in [6.07, 6.45) is 11.4. The Balaban J connectivity index is 1.62. The van der Waals surface area contributed by atoms with Crippen LogP contribution in [0.4, 0.5) is 0 Å². The number of carbonyl (C=O) groups is 2. The highest BCUT2D eigenvalue weighted by molar-refractivity contribution is 5.95. The molecule has 0 heterocycles. The molecule has 0 aromatic heterocycles. The van der Waals surface area contributed by atoms with Gasteiger partial charge < -0.3 is 15.6 Å². The molecule has 5 rings (SSSR count). The largest absolute Gasteiger partial charge is 0.464 e. The lowest BCUT2D eigenvalue weighted by Gasteiger charge is -2.69. The number of rotatable bonds is 3. The Hall–Kier alpha value is -1.46. The van der Waals surface area contributed by atoms with Gasteiger partial charge in [0.1, 0.15) is 12.4 Å². The van der Waals surface area contributed by atoms with E-state index in [1.807, 2.05) is 6.92 Å². The van der Waals surface area contributed by atoms with Crippen molar-refractivity contribution >= 4 is 11.8 Å². The van der Waals surface area contributed by atoms with Crippen LogP contribution < -0.4 is 5.73 Å². The molecule has 5 heteroatoms. The summed E-state index contributed by atoms with van der Waals surface area (Å²) >= 11 is 0. The van der Waals surface area contributed by atoms with E-state index in [2.05, 4.69) is 53.7 Å². The first-order chi connectivity index (χ1) is 17.1. The van der Waals surface area contributed by atoms with E-state index in [9.17, 15) is 14.7 Å². The number of nitrogens with two attached hydrogens (primary N) is 1. The van der Waals surface area contributed by atoms with Gasteiger partial charge in [-0.2, -0.15) is 0 Å². The lowest BCUT2D eigenvalue weighted by molar-refractivity contribution is -0.182. The molecule has 0 unspecified atom stereocenters. The molecule has 0 amide bonds. The zero-order valence-corrected chi connectivity index (χ0v) is 24.2. The van der Waals surface area contributed by atoms with Crippen molar-refractivity contribution in [3.8, 4) is 0 Å². The van der Waals surface area contributed by atoms with Crippen LogP contribution in [0.2, 0.25) is 0 Å². The Kier molecular flexibility index (Phi) is 6.06. The van der Waals surface area contributed by atoms with Crippen molar-refractivity contribution in [2.75, 3.05) is 13.2 Å². The summed E-state index contributed by atoms with van der Waals surface area (Å²) in [7, 11) is 0. The Labute approximate surface area is 223 Å². The molecule has 8 atom stereocenters. The molecule has 0 aromatic carbocycles. The van der Waals surface area contributed by atoms with Gasteiger partial charge in [0.05, 0.1) is 11.5 Å². The number of carbonyl (C=O) groups excluding carboxylic acids is 2. The number of allylic oxidation sites excluding steroid dienone is 4. The molecule has 5 nitrogen and oxygen atoms in total. The van der Waals surface area contributed by atoms with Crippen LogP contribution in [0.3, 0.4) is 0 Å². The Morgan fingerprint density at radius 2 is 1.73 bits per heavy atom. The Morgan fingerprint density at radius 1 is 1.03 bits per heavy atom. The van der Waals surface area contributed by atoms with E-state index in [1.165, 1.54) is 11.1 Å². The van der Waals surface area contributed by atoms with Gasteiger partial charge in [-0.25, -0.2) is 0 Å². The molecule has 0 bridgehead atoms. The van der Waals surface area contributed by atoms with Gasteiger partial charge in [0, 0.05) is 18.4 Å². The minimum Gasteiger partial charge on any atom is -0.464 e. The third kappa shape index (κ3) is 3.41. The number of fused-ring (bicyclic) bond motifs is 6. The molecule has 3 fully saturated rings. The highest BCUT2D eigenvalue weighted by atomic mass is 16.5. The van der Waals surface area contributed by atoms with Gasteiger partial charge in [0.2, 0.25) is 0 Å². The van der Waals surface area contributed by atoms with Gasteiger partial charge in [-0.15, -0.1) is 0 Å². The third-order valence-corrected chi connectivity index (χ3v) is 12.9. The fraction of sp³-hybridized carbons (Fsp3) is 0.812. The van der Waals surface area contributed by atoms with Crippen LogP contribution in [0.1, 0.15) is 99.8 Å². The van der Waals surface area contributed by atoms with Crippen LogP contribution in [0, 0.1) is 44.3 Å². The normalized spacial score (nSPS) is 48.5. The quantitative estimate of drug-likeness (QED) is 0.471. The second-order valence-corrected chi connectivity index (χ2v) is 15.0. The molecule has 0 spiro atoms. The first kappa shape index (κ1) is 27.1. The monoisotopic (exact) mass is 511 g/mol. The van der Waals surface area contributed by atoms with E-state index >= 15 is 0 Å². The number of aliphatic hydroxyl groups is 1. The lowest BCUT2D eigenvalue weighted by Crippen LogP contribution is -2.63. The maximum atomic E-state index is 13.7. The SMILES string of the molecule is CC1(C)[C@H]2CC[C@]3(C)[C@@H](C=CC4=C5C[C@](C)(C(=O)OCCN)CC(=O)[C@]5(C)CC[C@]43C)[C@@]2(C)CC[C@@H]1O. The molecule has 5 aliphatic rings. The van der Waals surface area contributed by atoms with E-state index in [0.29, 0.717) is 18.3 Å². The Bertz CT molecular complexity index is 1070. The number of ether oxygens (including phenoxy) is 1. The van der Waals surface area contributed by atoms with Crippen molar-refractivity contribution in [3.63, 3.8) is 0 Å². The van der Waals surface area contributed by atoms with Crippen LogP contribution in [0.25, 0.3) is 0 Å². The number of Topliss-reactive ketones (excluding diaryl/α,β-unsaturated/α-hetero) is 1. The van der Waals surface area contributed by atoms with Crippen molar-refractivity contribution in [1.29, 1.82) is 0 Å². The molecule has 206 valence electrons. The van der Waals surface area contributed by atoms with E-state index < -0.39 is 10.8 Å². The predicted molar refractivity (Wildman–Crippen MR) is 145 cm³/mol. The zero-order valence-electron chi connectivity index (χ0n) is 24.2. The van der Waals surface area contributed by atoms with Gasteiger partial charge in [-0.05, 0) is 97.9 Å². The van der Waals surface area contributed by atoms with Gasteiger partial charge in [0.15, 0.2) is 0 Å². The van der Waals surface area contributed by atoms with Crippen molar-refractivity contribution < 1.29 is 19.4 Å². The summed E-state index contributed by atoms with van der Waals surface area (Å²) in [6.45, 7) is 16.5. The minimum atomic E-state index is -0.842. The average Bonchev–Trinajstić information content (AvgIpc) is 2.82. The number of esters is 1. The molecule has 0 radical (unpaired) electrons. The van der Waals surface area contributed by atoms with E-state index in [0.717, 1.165) is 38.5 Å². The van der Waals surface area contributed by atoms with Crippen molar-refractivity contribution in [3.05, 3.63) is 23.3 Å². The lowest BCUT2D eigenvalue weighted by atomic mass is 9.35. The maximum Gasteiger partial charge on any atom is 0.312 e. The summed E-state index contributed by atoms with van der Waals surface area (Å²) in [5.74, 6) is 0.780. The number of hydrogen-bond donors (Lipinski definition) is 2. The molecule has 3 saturated carbocycles. The highest BCUT2D eigenvalue weighted by Gasteiger charge is 2.67. The Morgan fingerprint density at radius 3 is 2.41 bits per heavy atom. The average molecular weight is 512 g/mol. The topological polar surface area (TPSA) is 89.6 Å². The number of ketones is 1. The summed E-state index contributed by atoms with van der Waals surface area (Å²) in [5, 5.41) is 10.9. The summed E-state index contributed by atoms with van der Waals surface area (Å²) in [6, 6.07) is 0. The van der Waals surface area contributed by atoms with Crippen molar-refractivity contribution in [1.82, 2.24) is 0 Å². The highest BCUT2D eigenvalue weighted by Crippen LogP contribution is 2.73. The first-order valence-corrected chi connectivity index (χ1v) is 14.6. The van der Waals surface area contributed by atoms with Gasteiger partial charge in [-0.1, -0.05) is 52.3 Å². The zero-order chi connectivity index (χ0) is 27.2. The van der Waals surface area contributed by atoms with Crippen molar-refractivity contribution in [2.24, 2.45) is 50.1 Å². The van der Waals surface area contributed by atoms with Crippen LogP contribution in [0.15, 0.2) is 23.3 Å². The maximum absolute atomic E-state index is 13.7. The van der Waals surface area contributed by atoms with Gasteiger partial charge >= 0.3 is 5.97 Å². The van der Waals surface area contributed by atoms with Crippen molar-refractivity contribution in [2.45, 2.75) is 106 Å². The predicted octanol–water partition coefficient (Wildman–Crippen LogP) is 5.75. The second kappa shape index (κ2) is 8.27. The van der Waals surface area contributed by atoms with Crippen LogP contribution in [-0.2, 0) is 14.3 Å². The van der Waals surface area contributed by atoms with Crippen LogP contribution in [-0.4, -0.2) is 36.1 Å². The summed E-state index contributed by atoms with van der Waals surface area (Å²) in [4.78, 5) is 26.8. The molecule has 37 heavy (non-hydrogen) atoms. The second-order valence-electron chi connectivity index (χ2n) is 15.0. The van der Waals surface area contributed by atoms with Crippen LogP contribution in [0.5, 0.6) is 0 Å². The van der Waals surface area contributed by atoms with E-state index in [4.69, 9.17) is 10.5 Å². The molecule has 0 aromatic rings. The van der Waals surface area contributed by atoms with Gasteiger partial charge in [-0.3, -0.25) is 9.59 Å². The van der Waals surface area contributed by atoms with E-state index in [-0.39, 0.29) is 59.1 Å². The number of aliphatic hydroxyl groups excluding tert-OH is 1. The molecule has 5 aliphatic carbocycles. The summed E-state index contributed by atoms with van der Waals surface area (Å²) in [5.41, 5.74) is 6.77. The van der Waals surface area contributed by atoms with Crippen LogP contribution >= 0.6 is 0 Å². The fourth-order valence-electron chi connectivity index (χ4n) is 10.1. The number of hydrogen-bond acceptors (Lipinski definition) is 5. The fourth-order valence-corrected chi connectivity index (χ4v) is 10.1. The molecular weight excluding hydrogens is 462 g/mol. The molecule has 3 N–H and O–H groups in total. The molecule has 0 aliphatic heterocycles. The van der Waals surface area contributed by atoms with Gasteiger partial charge in [0.25, 0.3) is 0 Å². The molecular formula is C32H49NO4. The minimum absolute atomic E-state index is 0.0604. The van der Waals surface area contributed by atoms with E-state index in [1.54, 1.807) is 0 Å². The standard InChI is InChI=1S/C32H49NO4/c1-27(2)22-10-13-32(7)23(30(22,5)12-11-24(27)34)9-8-20-21-18-28(3,26(36)37-17-16-33)19-25(35)29(21,4)14-15-31(20,32)6/h8-9,22-24,34H,10-19,33H2,1-7H3/t22-,23+,24+,28+,29-,30+,31-,32-/m1/s1.